The van der Waals surface area contributed by atoms with Gasteiger partial charge in [-0.2, -0.15) is 4.31 Å². The van der Waals surface area contributed by atoms with Crippen LogP contribution in [0.3, 0.4) is 0 Å². The van der Waals surface area contributed by atoms with Gasteiger partial charge in [0.25, 0.3) is 5.91 Å². The minimum atomic E-state index is -3.65. The van der Waals surface area contributed by atoms with E-state index in [4.69, 9.17) is 14.2 Å². The molecule has 0 saturated carbocycles. The number of likely N-dealkylation sites (tertiary alicyclic amines) is 1. The van der Waals surface area contributed by atoms with Crippen molar-refractivity contribution in [3.63, 3.8) is 0 Å². The van der Waals surface area contributed by atoms with E-state index in [9.17, 15) is 13.2 Å². The Hall–Kier alpha value is -1.52. The van der Waals surface area contributed by atoms with Gasteiger partial charge in [0, 0.05) is 37.7 Å². The third-order valence-corrected chi connectivity index (χ3v) is 7.92. The number of morpholine rings is 1. The zero-order chi connectivity index (χ0) is 20.4. The van der Waals surface area contributed by atoms with Crippen molar-refractivity contribution in [1.29, 1.82) is 0 Å². The average molecular weight is 425 g/mol. The van der Waals surface area contributed by atoms with Crippen LogP contribution in [-0.2, 0) is 24.2 Å². The second-order valence-corrected chi connectivity index (χ2v) is 9.64. The second kappa shape index (κ2) is 8.69. The molecule has 3 heterocycles. The van der Waals surface area contributed by atoms with Crippen LogP contribution in [0.5, 0.6) is 0 Å². The van der Waals surface area contributed by atoms with Gasteiger partial charge in [0.1, 0.15) is 0 Å². The number of nitrogens with zero attached hydrogens (tertiary/aromatic N) is 2. The molecule has 29 heavy (non-hydrogen) atoms. The van der Waals surface area contributed by atoms with E-state index in [1.165, 1.54) is 10.4 Å². The zero-order valence-corrected chi connectivity index (χ0v) is 17.5. The molecule has 3 fully saturated rings. The third kappa shape index (κ3) is 4.34. The Morgan fingerprint density at radius 2 is 1.66 bits per heavy atom. The highest BCUT2D eigenvalue weighted by Gasteiger charge is 2.33. The molecule has 3 saturated heterocycles. The maximum Gasteiger partial charge on any atom is 0.253 e. The summed E-state index contributed by atoms with van der Waals surface area (Å²) in [7, 11) is -3.65. The highest BCUT2D eigenvalue weighted by atomic mass is 32.2. The lowest BCUT2D eigenvalue weighted by Crippen LogP contribution is -2.42. The van der Waals surface area contributed by atoms with E-state index < -0.39 is 10.0 Å². The van der Waals surface area contributed by atoms with E-state index in [2.05, 4.69) is 0 Å². The lowest BCUT2D eigenvalue weighted by molar-refractivity contribution is -0.0956. The Balaban J connectivity index is 1.47. The highest BCUT2D eigenvalue weighted by Crippen LogP contribution is 2.28. The van der Waals surface area contributed by atoms with Gasteiger partial charge in [-0.3, -0.25) is 4.79 Å². The molecule has 0 spiro atoms. The van der Waals surface area contributed by atoms with Crippen LogP contribution in [0.1, 0.15) is 28.8 Å². The van der Waals surface area contributed by atoms with Crippen molar-refractivity contribution in [3.8, 4) is 0 Å². The molecular formula is C20H28N2O6S. The molecule has 8 nitrogen and oxygen atoms in total. The number of hydrogen-bond donors (Lipinski definition) is 0. The number of carbonyl (C=O) groups excluding carboxylic acids is 1. The van der Waals surface area contributed by atoms with Gasteiger partial charge < -0.3 is 19.1 Å². The normalized spacial score (nSPS) is 22.9. The van der Waals surface area contributed by atoms with Crippen LogP contribution in [0, 0.1) is 12.8 Å². The second-order valence-electron chi connectivity index (χ2n) is 7.74. The molecule has 0 aliphatic carbocycles. The van der Waals surface area contributed by atoms with Crippen molar-refractivity contribution in [2.24, 2.45) is 5.92 Å². The molecule has 0 unspecified atom stereocenters. The van der Waals surface area contributed by atoms with Crippen molar-refractivity contribution >= 4 is 15.9 Å². The summed E-state index contributed by atoms with van der Waals surface area (Å²) in [5, 5.41) is 0. The summed E-state index contributed by atoms with van der Waals surface area (Å²) in [6, 6.07) is 4.95. The van der Waals surface area contributed by atoms with Gasteiger partial charge in [-0.1, -0.05) is 6.07 Å². The van der Waals surface area contributed by atoms with Gasteiger partial charge in [-0.05, 0) is 37.5 Å². The lowest BCUT2D eigenvalue weighted by Gasteiger charge is -2.34. The number of aryl methyl sites for hydroxylation is 1. The van der Waals surface area contributed by atoms with Crippen LogP contribution in [0.4, 0.5) is 0 Å². The van der Waals surface area contributed by atoms with E-state index in [0.29, 0.717) is 69.7 Å². The van der Waals surface area contributed by atoms with E-state index in [0.717, 1.165) is 12.8 Å². The lowest BCUT2D eigenvalue weighted by atomic mass is 9.95. The van der Waals surface area contributed by atoms with E-state index in [-0.39, 0.29) is 17.1 Å². The monoisotopic (exact) mass is 424 g/mol. The van der Waals surface area contributed by atoms with Crippen molar-refractivity contribution < 1.29 is 27.4 Å². The number of hydrogen-bond acceptors (Lipinski definition) is 6. The van der Waals surface area contributed by atoms with Crippen LogP contribution in [0.2, 0.25) is 0 Å². The van der Waals surface area contributed by atoms with Crippen LogP contribution in [-0.4, -0.2) is 82.4 Å². The molecule has 3 aliphatic heterocycles. The predicted octanol–water partition coefficient (Wildman–Crippen LogP) is 1.24. The molecule has 3 aliphatic rings. The first kappa shape index (κ1) is 20.7. The summed E-state index contributed by atoms with van der Waals surface area (Å²) in [6.07, 6.45) is 1.49. The van der Waals surface area contributed by atoms with Crippen molar-refractivity contribution in [3.05, 3.63) is 29.3 Å². The predicted molar refractivity (Wildman–Crippen MR) is 105 cm³/mol. The van der Waals surface area contributed by atoms with Gasteiger partial charge in [-0.15, -0.1) is 0 Å². The number of sulfonamides is 1. The number of amides is 1. The fraction of sp³-hybridized carbons (Fsp3) is 0.650. The maximum absolute atomic E-state index is 13.1. The molecular weight excluding hydrogens is 396 g/mol. The Kier molecular flexibility index (Phi) is 6.21. The summed E-state index contributed by atoms with van der Waals surface area (Å²) < 4.78 is 44.0. The molecule has 0 radical (unpaired) electrons. The van der Waals surface area contributed by atoms with Gasteiger partial charge in [0.05, 0.1) is 31.3 Å². The summed E-state index contributed by atoms with van der Waals surface area (Å²) in [5.41, 5.74) is 1.05. The van der Waals surface area contributed by atoms with Crippen LogP contribution in [0.25, 0.3) is 0 Å². The number of piperidine rings is 1. The van der Waals surface area contributed by atoms with Crippen LogP contribution in [0.15, 0.2) is 23.1 Å². The number of ether oxygens (including phenoxy) is 3. The Morgan fingerprint density at radius 1 is 1.00 bits per heavy atom. The number of carbonyl (C=O) groups is 1. The molecule has 4 rings (SSSR count). The minimum absolute atomic E-state index is 0.130. The third-order valence-electron chi connectivity index (χ3n) is 5.88. The Bertz CT molecular complexity index is 839. The molecule has 9 heteroatoms. The molecule has 1 aromatic rings. The number of benzene rings is 1. The largest absolute Gasteiger partial charge is 0.379 e. The first-order valence-electron chi connectivity index (χ1n) is 10.2. The molecule has 160 valence electrons. The quantitative estimate of drug-likeness (QED) is 0.723. The van der Waals surface area contributed by atoms with Crippen molar-refractivity contribution in [2.45, 2.75) is 31.0 Å². The topological polar surface area (TPSA) is 85.4 Å². The molecule has 1 amide bonds. The Morgan fingerprint density at radius 3 is 2.31 bits per heavy atom. The first-order chi connectivity index (χ1) is 14.0. The standard InChI is InChI=1S/C20H28N2O6S/c1-15-2-3-17(14-18(15)29(24,25)22-8-10-26-11-9-22)19(23)21-6-4-16(5-7-21)20-27-12-13-28-20/h2-3,14,16,20H,4-13H2,1H3. The van der Waals surface area contributed by atoms with Crippen LogP contribution >= 0.6 is 0 Å². The van der Waals surface area contributed by atoms with Gasteiger partial charge >= 0.3 is 0 Å². The minimum Gasteiger partial charge on any atom is -0.379 e. The van der Waals surface area contributed by atoms with Gasteiger partial charge in [0.2, 0.25) is 10.0 Å². The highest BCUT2D eigenvalue weighted by molar-refractivity contribution is 7.89. The smallest absolute Gasteiger partial charge is 0.253 e. The molecule has 0 N–H and O–H groups in total. The summed E-state index contributed by atoms with van der Waals surface area (Å²) in [6.45, 7) is 5.70. The van der Waals surface area contributed by atoms with Crippen molar-refractivity contribution in [2.75, 3.05) is 52.6 Å². The molecule has 0 atom stereocenters. The summed E-state index contributed by atoms with van der Waals surface area (Å²) in [4.78, 5) is 15.0. The van der Waals surface area contributed by atoms with E-state index in [1.807, 2.05) is 0 Å². The zero-order valence-electron chi connectivity index (χ0n) is 16.7. The number of rotatable bonds is 4. The van der Waals surface area contributed by atoms with E-state index in [1.54, 1.807) is 24.0 Å². The molecule has 0 bridgehead atoms. The fourth-order valence-electron chi connectivity index (χ4n) is 4.14. The van der Waals surface area contributed by atoms with Gasteiger partial charge in [0.15, 0.2) is 6.29 Å². The Labute approximate surface area is 171 Å². The van der Waals surface area contributed by atoms with Gasteiger partial charge in [-0.25, -0.2) is 8.42 Å². The summed E-state index contributed by atoms with van der Waals surface area (Å²) in [5.74, 6) is 0.173. The fourth-order valence-corrected chi connectivity index (χ4v) is 5.80. The SMILES string of the molecule is Cc1ccc(C(=O)N2CCC(C3OCCO3)CC2)cc1S(=O)(=O)N1CCOCC1. The van der Waals surface area contributed by atoms with Crippen LogP contribution < -0.4 is 0 Å². The molecule has 1 aromatic carbocycles. The first-order valence-corrected chi connectivity index (χ1v) is 11.6. The maximum atomic E-state index is 13.1. The van der Waals surface area contributed by atoms with Crippen molar-refractivity contribution in [1.82, 2.24) is 9.21 Å². The summed E-state index contributed by atoms with van der Waals surface area (Å²) >= 11 is 0. The van der Waals surface area contributed by atoms with E-state index >= 15 is 0 Å². The molecule has 0 aromatic heterocycles. The average Bonchev–Trinajstić information content (AvgIpc) is 3.29.